The molecule has 7 nitrogen and oxygen atoms in total. The van der Waals surface area contributed by atoms with Gasteiger partial charge >= 0.3 is 17.7 Å². The van der Waals surface area contributed by atoms with Gasteiger partial charge in [0.15, 0.2) is 0 Å². The third kappa shape index (κ3) is 3.08. The summed E-state index contributed by atoms with van der Waals surface area (Å²) in [6, 6.07) is 0. The molecule has 116 valence electrons. The molecule has 7 heteroatoms. The molecule has 2 aliphatic heterocycles. The van der Waals surface area contributed by atoms with Crippen LogP contribution in [-0.4, -0.2) is 41.1 Å². The smallest absolute Gasteiger partial charge is 0.406 e. The lowest BCUT2D eigenvalue weighted by Crippen LogP contribution is -2.38. The summed E-state index contributed by atoms with van der Waals surface area (Å²) in [5.74, 6) is -1.09. The minimum atomic E-state index is -0.569. The van der Waals surface area contributed by atoms with Crippen molar-refractivity contribution in [3.8, 4) is 0 Å². The van der Waals surface area contributed by atoms with E-state index in [0.717, 1.165) is 11.4 Å². The molecule has 0 amide bonds. The second-order valence-electron chi connectivity index (χ2n) is 4.44. The summed E-state index contributed by atoms with van der Waals surface area (Å²) in [7, 11) is 1.28. The van der Waals surface area contributed by atoms with Crippen molar-refractivity contribution in [1.29, 1.82) is 0 Å². The topological polar surface area (TPSA) is 70.9 Å². The van der Waals surface area contributed by atoms with Gasteiger partial charge in [-0.15, -0.1) is 0 Å². The number of hydrazone groups is 1. The molecule has 0 saturated heterocycles. The standard InChI is InChI=1S/C15H17N3O4/c1-4-22-14(19)9-8-13(15(20)21-3)18-11(2)12-7-5-6-10-17(12)16-18/h5-10H,4H2,1-3H3/p+1. The molecule has 0 unspecified atom stereocenters. The number of ether oxygens (including phenoxy) is 2. The predicted molar refractivity (Wildman–Crippen MR) is 79.0 cm³/mol. The van der Waals surface area contributed by atoms with Crippen LogP contribution in [0.3, 0.4) is 0 Å². The Morgan fingerprint density at radius 1 is 1.36 bits per heavy atom. The van der Waals surface area contributed by atoms with E-state index < -0.39 is 11.9 Å². The third-order valence-electron chi connectivity index (χ3n) is 3.07. The van der Waals surface area contributed by atoms with Crippen LogP contribution < -0.4 is 5.53 Å². The highest BCUT2D eigenvalue weighted by Crippen LogP contribution is 2.20. The summed E-state index contributed by atoms with van der Waals surface area (Å²) in [6.45, 7) is 3.84. The molecule has 22 heavy (non-hydrogen) atoms. The number of hydrogen-bond donors (Lipinski definition) is 1. The molecule has 0 bridgehead atoms. The number of methoxy groups -OCH3 is 1. The molecular formula is C15H18N3O4+. The molecule has 0 radical (unpaired) electrons. The zero-order valence-corrected chi connectivity index (χ0v) is 12.7. The van der Waals surface area contributed by atoms with E-state index in [9.17, 15) is 9.59 Å². The van der Waals surface area contributed by atoms with Crippen LogP contribution in [0.5, 0.6) is 0 Å². The Kier molecular flexibility index (Phi) is 4.77. The van der Waals surface area contributed by atoms with Crippen LogP contribution in [0.2, 0.25) is 0 Å². The zero-order valence-electron chi connectivity index (χ0n) is 12.7. The van der Waals surface area contributed by atoms with E-state index in [4.69, 9.17) is 9.47 Å². The Bertz CT molecular complexity index is 641. The van der Waals surface area contributed by atoms with Crippen LogP contribution in [0.1, 0.15) is 13.8 Å². The largest absolute Gasteiger partial charge is 0.463 e. The van der Waals surface area contributed by atoms with Gasteiger partial charge in [-0.2, -0.15) is 0 Å². The molecule has 1 N–H and O–H groups in total. The van der Waals surface area contributed by atoms with Crippen LogP contribution in [0, 0.1) is 0 Å². The first kappa shape index (κ1) is 15.6. The maximum Gasteiger partial charge on any atom is 0.406 e. The summed E-state index contributed by atoms with van der Waals surface area (Å²) < 4.78 is 11.1. The summed E-state index contributed by atoms with van der Waals surface area (Å²) >= 11 is 0. The van der Waals surface area contributed by atoms with Crippen molar-refractivity contribution >= 4 is 17.7 Å². The molecule has 0 aromatic carbocycles. The van der Waals surface area contributed by atoms with Crippen molar-refractivity contribution < 1.29 is 23.7 Å². The SMILES string of the molecule is CCOC(=O)/C=C/C(C(=O)OC)=[N+]1NN2C=CC=CC2=C1C. The number of hydrazine groups is 2. The third-order valence-corrected chi connectivity index (χ3v) is 3.07. The monoisotopic (exact) mass is 304 g/mol. The van der Waals surface area contributed by atoms with Crippen molar-refractivity contribution in [2.24, 2.45) is 0 Å². The number of rotatable bonds is 4. The highest BCUT2D eigenvalue weighted by Gasteiger charge is 2.34. The van der Waals surface area contributed by atoms with Crippen LogP contribution >= 0.6 is 0 Å². The molecule has 0 atom stereocenters. The maximum absolute atomic E-state index is 12.0. The van der Waals surface area contributed by atoms with Crippen molar-refractivity contribution in [2.75, 3.05) is 13.7 Å². The van der Waals surface area contributed by atoms with Crippen molar-refractivity contribution in [2.45, 2.75) is 13.8 Å². The van der Waals surface area contributed by atoms with Crippen molar-refractivity contribution in [1.82, 2.24) is 10.5 Å². The van der Waals surface area contributed by atoms with Gasteiger partial charge in [0.25, 0.3) is 0 Å². The number of hydrogen-bond acceptors (Lipinski definition) is 6. The highest BCUT2D eigenvalue weighted by atomic mass is 16.5. The van der Waals surface area contributed by atoms with E-state index >= 15 is 0 Å². The van der Waals surface area contributed by atoms with Gasteiger partial charge in [-0.05, 0) is 19.1 Å². The fraction of sp³-hybridized carbons (Fsp3) is 0.267. The molecule has 2 rings (SSSR count). The van der Waals surface area contributed by atoms with Crippen LogP contribution in [-0.2, 0) is 19.1 Å². The first-order valence-electron chi connectivity index (χ1n) is 6.80. The van der Waals surface area contributed by atoms with Crippen LogP contribution in [0.25, 0.3) is 0 Å². The number of carbonyl (C=O) groups is 2. The molecule has 0 aromatic rings. The second-order valence-corrected chi connectivity index (χ2v) is 4.44. The average molecular weight is 304 g/mol. The predicted octanol–water partition coefficient (Wildman–Crippen LogP) is 0.782. The Balaban J connectivity index is 2.39. The zero-order chi connectivity index (χ0) is 16.1. The van der Waals surface area contributed by atoms with Gasteiger partial charge in [0.05, 0.1) is 13.7 Å². The summed E-state index contributed by atoms with van der Waals surface area (Å²) in [5, 5.41) is 1.76. The summed E-state index contributed by atoms with van der Waals surface area (Å²) in [4.78, 5) is 23.4. The van der Waals surface area contributed by atoms with Crippen LogP contribution in [0.15, 0.2) is 48.0 Å². The number of carbonyl (C=O) groups excluding carboxylic acids is 2. The van der Waals surface area contributed by atoms with E-state index in [1.807, 2.05) is 31.4 Å². The van der Waals surface area contributed by atoms with E-state index in [1.165, 1.54) is 19.3 Å². The van der Waals surface area contributed by atoms with Gasteiger partial charge in [-0.3, -0.25) is 0 Å². The molecule has 0 fully saturated rings. The molecule has 0 aromatic heterocycles. The fourth-order valence-electron chi connectivity index (χ4n) is 2.03. The first-order valence-corrected chi connectivity index (χ1v) is 6.80. The number of nitrogens with zero attached hydrogens (tertiary/aromatic N) is 2. The highest BCUT2D eigenvalue weighted by molar-refractivity contribution is 6.39. The lowest BCUT2D eigenvalue weighted by Gasteiger charge is -2.12. The van der Waals surface area contributed by atoms with E-state index in [-0.39, 0.29) is 12.3 Å². The minimum absolute atomic E-state index is 0.178. The van der Waals surface area contributed by atoms with Crippen molar-refractivity contribution in [3.05, 3.63) is 48.0 Å². The maximum atomic E-state index is 12.0. The quantitative estimate of drug-likeness (QED) is 0.470. The molecule has 0 aliphatic carbocycles. The normalized spacial score (nSPS) is 18.4. The average Bonchev–Trinajstić information content (AvgIpc) is 2.85. The Labute approximate surface area is 128 Å². The van der Waals surface area contributed by atoms with Crippen LogP contribution in [0.4, 0.5) is 0 Å². The number of fused-ring (bicyclic) bond motifs is 1. The molecule has 0 spiro atoms. The molecule has 0 saturated carbocycles. The van der Waals surface area contributed by atoms with Gasteiger partial charge in [-0.1, -0.05) is 16.3 Å². The van der Waals surface area contributed by atoms with Gasteiger partial charge in [-0.25, -0.2) is 14.6 Å². The van der Waals surface area contributed by atoms with Gasteiger partial charge in [0, 0.05) is 25.3 Å². The number of allylic oxidation sites excluding steroid dienone is 4. The second kappa shape index (κ2) is 6.75. The first-order chi connectivity index (χ1) is 10.6. The lowest BCUT2D eigenvalue weighted by molar-refractivity contribution is -0.549. The molecule has 2 heterocycles. The Morgan fingerprint density at radius 3 is 2.77 bits per heavy atom. The van der Waals surface area contributed by atoms with Crippen molar-refractivity contribution in [3.63, 3.8) is 0 Å². The van der Waals surface area contributed by atoms with Gasteiger partial charge in [0.1, 0.15) is 5.70 Å². The Morgan fingerprint density at radius 2 is 2.14 bits per heavy atom. The Hall–Kier alpha value is -2.83. The van der Waals surface area contributed by atoms with E-state index in [2.05, 4.69) is 5.53 Å². The molecular weight excluding hydrogens is 286 g/mol. The van der Waals surface area contributed by atoms with E-state index in [0.29, 0.717) is 0 Å². The number of nitrogens with one attached hydrogen (secondary N) is 1. The van der Waals surface area contributed by atoms with E-state index in [1.54, 1.807) is 16.6 Å². The minimum Gasteiger partial charge on any atom is -0.463 e. The van der Waals surface area contributed by atoms with Gasteiger partial charge in [0.2, 0.25) is 5.70 Å². The summed E-state index contributed by atoms with van der Waals surface area (Å²) in [5.41, 5.74) is 4.90. The summed E-state index contributed by atoms with van der Waals surface area (Å²) in [6.07, 6.45) is 10.0. The van der Waals surface area contributed by atoms with Gasteiger partial charge < -0.3 is 9.47 Å². The number of esters is 2. The fourth-order valence-corrected chi connectivity index (χ4v) is 2.03. The molecule has 2 aliphatic rings. The lowest BCUT2D eigenvalue weighted by atomic mass is 10.2.